The lowest BCUT2D eigenvalue weighted by Crippen LogP contribution is -2.38. The molecule has 1 aromatic rings. The lowest BCUT2D eigenvalue weighted by molar-refractivity contribution is 0.108. The predicted molar refractivity (Wildman–Crippen MR) is 103 cm³/mol. The van der Waals surface area contributed by atoms with Crippen LogP contribution in [0.25, 0.3) is 0 Å². The van der Waals surface area contributed by atoms with Crippen molar-refractivity contribution >= 4 is 15.8 Å². The standard InChI is InChI=1S/C18H31N3O3S/c1-5-19-18(20-11-6-12-24-14-15(2)3)21-13-16-7-9-17(10-8-16)25(4,22)23/h7-10,15H,5-6,11-14H2,1-4H3,(H2,19,20,21). The second kappa shape index (κ2) is 11.1. The first-order valence-corrected chi connectivity index (χ1v) is 10.6. The number of nitrogens with one attached hydrogen (secondary N) is 2. The van der Waals surface area contributed by atoms with Gasteiger partial charge in [-0.15, -0.1) is 0 Å². The van der Waals surface area contributed by atoms with Crippen LogP contribution in [0.4, 0.5) is 0 Å². The molecule has 0 aliphatic carbocycles. The fourth-order valence-corrected chi connectivity index (χ4v) is 2.68. The Morgan fingerprint density at radius 2 is 1.88 bits per heavy atom. The topological polar surface area (TPSA) is 79.8 Å². The van der Waals surface area contributed by atoms with Gasteiger partial charge >= 0.3 is 0 Å². The van der Waals surface area contributed by atoms with E-state index in [-0.39, 0.29) is 0 Å². The van der Waals surface area contributed by atoms with Crippen molar-refractivity contribution in [1.29, 1.82) is 0 Å². The molecule has 1 aromatic carbocycles. The Morgan fingerprint density at radius 1 is 1.20 bits per heavy atom. The van der Waals surface area contributed by atoms with Crippen molar-refractivity contribution in [2.45, 2.75) is 38.6 Å². The molecule has 0 aliphatic rings. The molecule has 0 saturated heterocycles. The number of benzene rings is 1. The summed E-state index contributed by atoms with van der Waals surface area (Å²) in [7, 11) is -3.16. The molecule has 142 valence electrons. The zero-order valence-corrected chi connectivity index (χ0v) is 16.5. The number of hydrogen-bond donors (Lipinski definition) is 2. The van der Waals surface area contributed by atoms with E-state index >= 15 is 0 Å². The van der Waals surface area contributed by atoms with Crippen molar-refractivity contribution in [2.24, 2.45) is 10.9 Å². The van der Waals surface area contributed by atoms with Crippen LogP contribution in [0.1, 0.15) is 32.8 Å². The van der Waals surface area contributed by atoms with Crippen molar-refractivity contribution in [1.82, 2.24) is 10.6 Å². The van der Waals surface area contributed by atoms with Crippen LogP contribution in [0.2, 0.25) is 0 Å². The minimum Gasteiger partial charge on any atom is -0.381 e. The summed E-state index contributed by atoms with van der Waals surface area (Å²) in [5.41, 5.74) is 0.963. The minimum atomic E-state index is -3.16. The number of nitrogens with zero attached hydrogens (tertiary/aromatic N) is 1. The van der Waals surface area contributed by atoms with Gasteiger partial charge in [-0.2, -0.15) is 0 Å². The van der Waals surface area contributed by atoms with Crippen LogP contribution >= 0.6 is 0 Å². The van der Waals surface area contributed by atoms with E-state index in [9.17, 15) is 8.42 Å². The van der Waals surface area contributed by atoms with Gasteiger partial charge in [0.2, 0.25) is 0 Å². The summed E-state index contributed by atoms with van der Waals surface area (Å²) in [6.45, 7) is 9.87. The smallest absolute Gasteiger partial charge is 0.191 e. The van der Waals surface area contributed by atoms with Crippen molar-refractivity contribution in [3.8, 4) is 0 Å². The molecule has 0 unspecified atom stereocenters. The van der Waals surface area contributed by atoms with Crippen LogP contribution in [0, 0.1) is 5.92 Å². The van der Waals surface area contributed by atoms with Gasteiger partial charge in [0.1, 0.15) is 0 Å². The molecule has 1 rings (SSSR count). The van der Waals surface area contributed by atoms with E-state index in [1.807, 2.05) is 6.92 Å². The summed E-state index contributed by atoms with van der Waals surface area (Å²) in [5.74, 6) is 1.31. The van der Waals surface area contributed by atoms with Gasteiger partial charge in [-0.25, -0.2) is 13.4 Å². The molecule has 0 aromatic heterocycles. The average Bonchev–Trinajstić information content (AvgIpc) is 2.55. The third kappa shape index (κ3) is 9.45. The minimum absolute atomic E-state index is 0.326. The lowest BCUT2D eigenvalue weighted by Gasteiger charge is -2.12. The zero-order chi connectivity index (χ0) is 18.7. The van der Waals surface area contributed by atoms with Gasteiger partial charge < -0.3 is 15.4 Å². The molecule has 0 bridgehead atoms. The molecule has 0 amide bonds. The zero-order valence-electron chi connectivity index (χ0n) is 15.7. The molecular weight excluding hydrogens is 338 g/mol. The lowest BCUT2D eigenvalue weighted by atomic mass is 10.2. The maximum Gasteiger partial charge on any atom is 0.191 e. The largest absolute Gasteiger partial charge is 0.381 e. The highest BCUT2D eigenvalue weighted by atomic mass is 32.2. The Bertz CT molecular complexity index is 625. The Kier molecular flexibility index (Phi) is 9.52. The van der Waals surface area contributed by atoms with Crippen LogP contribution in [0.3, 0.4) is 0 Å². The number of aliphatic imine (C=N–C) groups is 1. The highest BCUT2D eigenvalue weighted by Crippen LogP contribution is 2.10. The first-order valence-electron chi connectivity index (χ1n) is 8.71. The molecule has 0 spiro atoms. The predicted octanol–water partition coefficient (Wildman–Crippen LogP) is 2.21. The number of guanidine groups is 1. The van der Waals surface area contributed by atoms with E-state index in [2.05, 4.69) is 29.5 Å². The van der Waals surface area contributed by atoms with Gasteiger partial charge in [-0.3, -0.25) is 0 Å². The number of hydrogen-bond acceptors (Lipinski definition) is 4. The molecule has 0 atom stereocenters. The molecule has 25 heavy (non-hydrogen) atoms. The molecular formula is C18H31N3O3S. The van der Waals surface area contributed by atoms with Gasteiger partial charge in [-0.05, 0) is 37.0 Å². The molecule has 0 fully saturated rings. The highest BCUT2D eigenvalue weighted by Gasteiger charge is 2.06. The van der Waals surface area contributed by atoms with Crippen molar-refractivity contribution in [2.75, 3.05) is 32.6 Å². The van der Waals surface area contributed by atoms with Gasteiger partial charge in [0, 0.05) is 32.6 Å². The van der Waals surface area contributed by atoms with E-state index < -0.39 is 9.84 Å². The third-order valence-corrected chi connectivity index (χ3v) is 4.45. The summed E-state index contributed by atoms with van der Waals surface area (Å²) in [6, 6.07) is 6.83. The second-order valence-corrected chi connectivity index (χ2v) is 8.38. The maximum atomic E-state index is 11.5. The highest BCUT2D eigenvalue weighted by molar-refractivity contribution is 7.90. The van der Waals surface area contributed by atoms with E-state index in [0.717, 1.165) is 44.2 Å². The summed E-state index contributed by atoms with van der Waals surface area (Å²) < 4.78 is 28.5. The number of ether oxygens (including phenoxy) is 1. The van der Waals surface area contributed by atoms with E-state index in [1.165, 1.54) is 6.26 Å². The van der Waals surface area contributed by atoms with Gasteiger partial charge in [0.25, 0.3) is 0 Å². The SMILES string of the molecule is CCNC(=NCc1ccc(S(C)(=O)=O)cc1)NCCCOCC(C)C. The molecule has 0 heterocycles. The summed E-state index contributed by atoms with van der Waals surface area (Å²) in [4.78, 5) is 4.85. The second-order valence-electron chi connectivity index (χ2n) is 6.36. The maximum absolute atomic E-state index is 11.5. The van der Waals surface area contributed by atoms with Crippen LogP contribution in [0.5, 0.6) is 0 Å². The summed E-state index contributed by atoms with van der Waals surface area (Å²) in [6.07, 6.45) is 2.12. The first kappa shape index (κ1) is 21.4. The molecule has 7 heteroatoms. The van der Waals surface area contributed by atoms with Gasteiger partial charge in [0.05, 0.1) is 11.4 Å². The van der Waals surface area contributed by atoms with Gasteiger partial charge in [0.15, 0.2) is 15.8 Å². The Labute approximate surface area is 152 Å². The normalized spacial score (nSPS) is 12.4. The van der Waals surface area contributed by atoms with Crippen molar-refractivity contribution in [3.05, 3.63) is 29.8 Å². The first-order chi connectivity index (χ1) is 11.8. The molecule has 0 aliphatic heterocycles. The average molecular weight is 370 g/mol. The van der Waals surface area contributed by atoms with Crippen molar-refractivity contribution in [3.63, 3.8) is 0 Å². The van der Waals surface area contributed by atoms with E-state index in [4.69, 9.17) is 4.74 Å². The van der Waals surface area contributed by atoms with E-state index in [1.54, 1.807) is 24.3 Å². The van der Waals surface area contributed by atoms with Crippen LogP contribution in [-0.2, 0) is 21.1 Å². The molecule has 2 N–H and O–H groups in total. The summed E-state index contributed by atoms with van der Waals surface area (Å²) in [5, 5.41) is 6.48. The Morgan fingerprint density at radius 3 is 2.44 bits per heavy atom. The molecule has 0 radical (unpaired) electrons. The summed E-state index contributed by atoms with van der Waals surface area (Å²) >= 11 is 0. The van der Waals surface area contributed by atoms with Gasteiger partial charge in [-0.1, -0.05) is 26.0 Å². The molecule has 0 saturated carbocycles. The third-order valence-electron chi connectivity index (χ3n) is 3.32. The quantitative estimate of drug-likeness (QED) is 0.375. The van der Waals surface area contributed by atoms with E-state index in [0.29, 0.717) is 17.4 Å². The number of rotatable bonds is 10. The Hall–Kier alpha value is -1.60. The van der Waals surface area contributed by atoms with Crippen LogP contribution in [0.15, 0.2) is 34.2 Å². The van der Waals surface area contributed by atoms with Crippen LogP contribution in [-0.4, -0.2) is 46.9 Å². The van der Waals surface area contributed by atoms with Crippen LogP contribution < -0.4 is 10.6 Å². The fourth-order valence-electron chi connectivity index (χ4n) is 2.05. The molecule has 6 nitrogen and oxygen atoms in total. The van der Waals surface area contributed by atoms with Crippen molar-refractivity contribution < 1.29 is 13.2 Å². The monoisotopic (exact) mass is 369 g/mol. The fraction of sp³-hybridized carbons (Fsp3) is 0.611. The Balaban J connectivity index is 2.46. The number of sulfone groups is 1.